The molecule has 0 saturated heterocycles. The summed E-state index contributed by atoms with van der Waals surface area (Å²) in [5.41, 5.74) is -0.497. The van der Waals surface area contributed by atoms with Crippen LogP contribution >= 0.6 is 31.9 Å². The highest BCUT2D eigenvalue weighted by molar-refractivity contribution is 9.10. The molecule has 1 heterocycles. The molecule has 0 atom stereocenters. The van der Waals surface area contributed by atoms with Crippen LogP contribution < -0.4 is 5.63 Å². The average molecular weight is 346 g/mol. The summed E-state index contributed by atoms with van der Waals surface area (Å²) in [6, 6.07) is 6.82. The fourth-order valence-corrected chi connectivity index (χ4v) is 2.00. The van der Waals surface area contributed by atoms with E-state index in [1.54, 1.807) is 18.2 Å². The number of ketones is 1. The molecule has 0 radical (unpaired) electrons. The van der Waals surface area contributed by atoms with Crippen molar-refractivity contribution in [2.75, 3.05) is 5.33 Å². The summed E-state index contributed by atoms with van der Waals surface area (Å²) in [6.07, 6.45) is 0. The predicted octanol–water partition coefficient (Wildman–Crippen LogP) is 3.13. The monoisotopic (exact) mass is 344 g/mol. The Hall–Kier alpha value is -0.940. The zero-order valence-corrected chi connectivity index (χ0v) is 11.2. The molecule has 0 fully saturated rings. The summed E-state index contributed by atoms with van der Waals surface area (Å²) in [4.78, 5) is 23.0. The van der Waals surface area contributed by atoms with Crippen LogP contribution in [-0.4, -0.2) is 11.1 Å². The lowest BCUT2D eigenvalue weighted by molar-refractivity contribution is 0.0990. The number of hydrogen-bond donors (Lipinski definition) is 0. The maximum Gasteiger partial charge on any atom is 0.344 e. The number of rotatable bonds is 2. The normalized spacial score (nSPS) is 10.6. The topological polar surface area (TPSA) is 47.3 Å². The average Bonchev–Trinajstić information content (AvgIpc) is 2.28. The molecule has 0 N–H and O–H groups in total. The first-order valence-corrected chi connectivity index (χ1v) is 6.36. The summed E-state index contributed by atoms with van der Waals surface area (Å²) in [5.74, 6) is -0.168. The van der Waals surface area contributed by atoms with E-state index in [2.05, 4.69) is 31.9 Å². The number of hydrogen-bond acceptors (Lipinski definition) is 3. The Morgan fingerprint density at radius 1 is 1.31 bits per heavy atom. The van der Waals surface area contributed by atoms with Crippen molar-refractivity contribution in [3.8, 4) is 0 Å². The van der Waals surface area contributed by atoms with E-state index in [4.69, 9.17) is 4.42 Å². The molecule has 0 bridgehead atoms. The van der Waals surface area contributed by atoms with Gasteiger partial charge >= 0.3 is 5.63 Å². The summed E-state index contributed by atoms with van der Waals surface area (Å²) in [5, 5.41) is 1.29. The van der Waals surface area contributed by atoms with Crippen molar-refractivity contribution in [1.82, 2.24) is 0 Å². The second-order valence-corrected chi connectivity index (χ2v) is 4.66. The molecule has 1 aromatic heterocycles. The SMILES string of the molecule is O=C(CBr)c1cc2ccc(Br)cc2c(=O)o1. The highest BCUT2D eigenvalue weighted by Crippen LogP contribution is 2.18. The number of carbonyl (C=O) groups excluding carboxylic acids is 1. The van der Waals surface area contributed by atoms with Gasteiger partial charge in [-0.3, -0.25) is 4.79 Å². The largest absolute Gasteiger partial charge is 0.419 e. The van der Waals surface area contributed by atoms with E-state index >= 15 is 0 Å². The molecule has 16 heavy (non-hydrogen) atoms. The molecule has 0 aliphatic carbocycles. The Balaban J connectivity index is 2.73. The van der Waals surface area contributed by atoms with Crippen LogP contribution in [0.1, 0.15) is 10.6 Å². The molecule has 2 aromatic rings. The van der Waals surface area contributed by atoms with Crippen LogP contribution in [0.15, 0.2) is 37.9 Å². The summed E-state index contributed by atoms with van der Waals surface area (Å²) >= 11 is 6.31. The Bertz CT molecular complexity index is 616. The standard InChI is InChI=1S/C11H6Br2O3/c12-5-9(14)10-3-6-1-2-7(13)4-8(6)11(15)16-10/h1-4H,5H2. The fraction of sp³-hybridized carbons (Fsp3) is 0.0909. The van der Waals surface area contributed by atoms with Crippen molar-refractivity contribution < 1.29 is 9.21 Å². The summed E-state index contributed by atoms with van der Waals surface area (Å²) in [7, 11) is 0. The maximum atomic E-state index is 11.6. The predicted molar refractivity (Wildman–Crippen MR) is 68.3 cm³/mol. The quantitative estimate of drug-likeness (QED) is 0.620. The molecule has 5 heteroatoms. The minimum Gasteiger partial charge on any atom is -0.419 e. The number of benzene rings is 1. The molecule has 0 spiro atoms. The van der Waals surface area contributed by atoms with E-state index in [0.29, 0.717) is 10.8 Å². The van der Waals surface area contributed by atoms with Gasteiger partial charge in [0.25, 0.3) is 0 Å². The van der Waals surface area contributed by atoms with Gasteiger partial charge in [0.15, 0.2) is 5.76 Å². The molecule has 3 nitrogen and oxygen atoms in total. The molecular weight excluding hydrogens is 340 g/mol. The molecule has 0 amide bonds. The van der Waals surface area contributed by atoms with Crippen molar-refractivity contribution >= 4 is 48.4 Å². The van der Waals surface area contributed by atoms with Crippen LogP contribution in [0.25, 0.3) is 10.8 Å². The zero-order valence-electron chi connectivity index (χ0n) is 8.00. The van der Waals surface area contributed by atoms with Crippen molar-refractivity contribution in [3.63, 3.8) is 0 Å². The lowest BCUT2D eigenvalue weighted by atomic mass is 10.1. The Morgan fingerprint density at radius 3 is 2.75 bits per heavy atom. The lowest BCUT2D eigenvalue weighted by Crippen LogP contribution is -2.07. The molecule has 0 saturated carbocycles. The Kier molecular flexibility index (Phi) is 3.25. The van der Waals surface area contributed by atoms with Crippen LogP contribution in [0.5, 0.6) is 0 Å². The number of halogens is 2. The van der Waals surface area contributed by atoms with Gasteiger partial charge in [-0.15, -0.1) is 0 Å². The van der Waals surface area contributed by atoms with Crippen molar-refractivity contribution in [2.45, 2.75) is 0 Å². The number of fused-ring (bicyclic) bond motifs is 1. The molecule has 0 unspecified atom stereocenters. The highest BCUT2D eigenvalue weighted by atomic mass is 79.9. The van der Waals surface area contributed by atoms with E-state index in [1.165, 1.54) is 0 Å². The third-order valence-corrected chi connectivity index (χ3v) is 3.12. The van der Waals surface area contributed by atoms with Crippen molar-refractivity contribution in [1.29, 1.82) is 0 Å². The van der Waals surface area contributed by atoms with Crippen LogP contribution in [0.3, 0.4) is 0 Å². The molecular formula is C11H6Br2O3. The first kappa shape index (κ1) is 11.5. The third kappa shape index (κ3) is 2.10. The van der Waals surface area contributed by atoms with Crippen LogP contribution in [-0.2, 0) is 0 Å². The fourth-order valence-electron chi connectivity index (χ4n) is 1.36. The molecule has 82 valence electrons. The molecule has 0 aliphatic rings. The van der Waals surface area contributed by atoms with Gasteiger partial charge in [0.1, 0.15) is 0 Å². The Labute approximate surface area is 108 Å². The first-order valence-electron chi connectivity index (χ1n) is 4.44. The van der Waals surface area contributed by atoms with Gasteiger partial charge in [-0.05, 0) is 23.6 Å². The van der Waals surface area contributed by atoms with E-state index < -0.39 is 5.63 Å². The number of Topliss-reactive ketones (excluding diaryl/α,β-unsaturated/α-hetero) is 1. The second-order valence-electron chi connectivity index (χ2n) is 3.19. The van der Waals surface area contributed by atoms with Gasteiger partial charge in [0.2, 0.25) is 5.78 Å². The van der Waals surface area contributed by atoms with Gasteiger partial charge in [-0.25, -0.2) is 4.79 Å². The van der Waals surface area contributed by atoms with E-state index in [9.17, 15) is 9.59 Å². The number of carbonyl (C=O) groups is 1. The second kappa shape index (κ2) is 4.51. The van der Waals surface area contributed by atoms with Gasteiger partial charge in [0, 0.05) is 4.47 Å². The number of alkyl halides is 1. The van der Waals surface area contributed by atoms with Gasteiger partial charge < -0.3 is 4.42 Å². The maximum absolute atomic E-state index is 11.6. The Morgan fingerprint density at radius 2 is 2.06 bits per heavy atom. The van der Waals surface area contributed by atoms with Gasteiger partial charge in [0.05, 0.1) is 10.7 Å². The van der Waals surface area contributed by atoms with Crippen LogP contribution in [0.4, 0.5) is 0 Å². The van der Waals surface area contributed by atoms with E-state index in [0.717, 1.165) is 4.47 Å². The molecule has 2 rings (SSSR count). The first-order chi connectivity index (χ1) is 7.61. The minimum absolute atomic E-state index is 0.0803. The van der Waals surface area contributed by atoms with Gasteiger partial charge in [-0.2, -0.15) is 0 Å². The van der Waals surface area contributed by atoms with Gasteiger partial charge in [-0.1, -0.05) is 37.9 Å². The van der Waals surface area contributed by atoms with E-state index in [1.807, 2.05) is 6.07 Å². The lowest BCUT2D eigenvalue weighted by Gasteiger charge is -2.00. The van der Waals surface area contributed by atoms with E-state index in [-0.39, 0.29) is 16.9 Å². The van der Waals surface area contributed by atoms with Crippen LogP contribution in [0.2, 0.25) is 0 Å². The smallest absolute Gasteiger partial charge is 0.344 e. The minimum atomic E-state index is -0.497. The molecule has 1 aromatic carbocycles. The van der Waals surface area contributed by atoms with Crippen molar-refractivity contribution in [3.05, 3.63) is 44.9 Å². The zero-order chi connectivity index (χ0) is 11.7. The third-order valence-electron chi connectivity index (χ3n) is 2.12. The summed E-state index contributed by atoms with van der Waals surface area (Å²) < 4.78 is 5.74. The highest BCUT2D eigenvalue weighted by Gasteiger charge is 2.10. The van der Waals surface area contributed by atoms with Crippen molar-refractivity contribution in [2.24, 2.45) is 0 Å². The van der Waals surface area contributed by atoms with Crippen LogP contribution in [0, 0.1) is 0 Å². The summed E-state index contributed by atoms with van der Waals surface area (Å²) in [6.45, 7) is 0. The molecule has 0 aliphatic heterocycles.